The van der Waals surface area contributed by atoms with Crippen LogP contribution in [0.3, 0.4) is 0 Å². The summed E-state index contributed by atoms with van der Waals surface area (Å²) in [5.74, 6) is 0.858. The quantitative estimate of drug-likeness (QED) is 0.655. The highest BCUT2D eigenvalue weighted by molar-refractivity contribution is 5.82. The smallest absolute Gasteiger partial charge is 0.336 e. The van der Waals surface area contributed by atoms with E-state index in [0.29, 0.717) is 12.1 Å². The van der Waals surface area contributed by atoms with Crippen LogP contribution in [0.1, 0.15) is 28.7 Å². The highest BCUT2D eigenvalue weighted by Crippen LogP contribution is 2.29. The predicted molar refractivity (Wildman–Crippen MR) is 103 cm³/mol. The lowest BCUT2D eigenvalue weighted by atomic mass is 10.0. The first-order valence-corrected chi connectivity index (χ1v) is 9.02. The van der Waals surface area contributed by atoms with Crippen molar-refractivity contribution in [2.24, 2.45) is 0 Å². The summed E-state index contributed by atoms with van der Waals surface area (Å²) in [5.41, 5.74) is 5.40. The number of hydrogen-bond acceptors (Lipinski definition) is 4. The summed E-state index contributed by atoms with van der Waals surface area (Å²) < 4.78 is 10.7. The lowest BCUT2D eigenvalue weighted by Crippen LogP contribution is -2.18. The Bertz CT molecular complexity index is 989. The summed E-state index contributed by atoms with van der Waals surface area (Å²) in [5, 5.41) is 1.06. The van der Waals surface area contributed by atoms with Gasteiger partial charge >= 0.3 is 5.63 Å². The maximum atomic E-state index is 12.0. The minimum absolute atomic E-state index is 0.275. The molecule has 0 aliphatic heterocycles. The third-order valence-electron chi connectivity index (χ3n) is 5.09. The van der Waals surface area contributed by atoms with Gasteiger partial charge in [0.15, 0.2) is 0 Å². The number of fused-ring (bicyclic) bond motifs is 2. The Labute approximate surface area is 153 Å². The molecule has 1 heterocycles. The number of ether oxygens (including phenoxy) is 1. The standard InChI is InChI=1S/C22H23NO3/c1-23(13-15-6-8-19(25-2)9-7-15)14-18-12-22(24)26-21-11-17-5-3-4-16(17)10-20(18)21/h6-12H,3-5,13-14H2,1-2H3. The van der Waals surface area contributed by atoms with E-state index in [4.69, 9.17) is 9.15 Å². The molecule has 0 atom stereocenters. The molecule has 2 aromatic carbocycles. The molecule has 0 saturated carbocycles. The molecule has 0 radical (unpaired) electrons. The Morgan fingerprint density at radius 3 is 2.50 bits per heavy atom. The molecule has 1 aliphatic carbocycles. The fraction of sp³-hybridized carbons (Fsp3) is 0.318. The summed E-state index contributed by atoms with van der Waals surface area (Å²) in [6, 6.07) is 14.0. The molecular weight excluding hydrogens is 326 g/mol. The Morgan fingerprint density at radius 2 is 1.77 bits per heavy atom. The topological polar surface area (TPSA) is 42.7 Å². The van der Waals surface area contributed by atoms with Crippen LogP contribution in [-0.2, 0) is 25.9 Å². The lowest BCUT2D eigenvalue weighted by Gasteiger charge is -2.18. The van der Waals surface area contributed by atoms with Crippen LogP contribution in [0.4, 0.5) is 0 Å². The van der Waals surface area contributed by atoms with E-state index in [-0.39, 0.29) is 5.63 Å². The minimum Gasteiger partial charge on any atom is -0.497 e. The first-order chi connectivity index (χ1) is 12.6. The van der Waals surface area contributed by atoms with Gasteiger partial charge in [-0.15, -0.1) is 0 Å². The molecule has 0 spiro atoms. The normalized spacial score (nSPS) is 13.3. The van der Waals surface area contributed by atoms with E-state index >= 15 is 0 Å². The molecule has 4 heteroatoms. The number of rotatable bonds is 5. The van der Waals surface area contributed by atoms with Crippen molar-refractivity contribution in [1.82, 2.24) is 4.90 Å². The van der Waals surface area contributed by atoms with Crippen molar-refractivity contribution in [1.29, 1.82) is 0 Å². The van der Waals surface area contributed by atoms with Crippen LogP contribution in [0.5, 0.6) is 5.75 Å². The molecule has 0 N–H and O–H groups in total. The third-order valence-corrected chi connectivity index (χ3v) is 5.09. The van der Waals surface area contributed by atoms with Gasteiger partial charge in [0, 0.05) is 24.5 Å². The van der Waals surface area contributed by atoms with Gasteiger partial charge in [-0.3, -0.25) is 4.90 Å². The second-order valence-electron chi connectivity index (χ2n) is 7.08. The molecule has 0 unspecified atom stereocenters. The lowest BCUT2D eigenvalue weighted by molar-refractivity contribution is 0.319. The van der Waals surface area contributed by atoms with Gasteiger partial charge in [0.2, 0.25) is 0 Å². The average molecular weight is 349 g/mol. The van der Waals surface area contributed by atoms with Crippen LogP contribution >= 0.6 is 0 Å². The molecule has 4 rings (SSSR count). The summed E-state index contributed by atoms with van der Waals surface area (Å²) in [6.45, 7) is 1.50. The van der Waals surface area contributed by atoms with Gasteiger partial charge in [0.25, 0.3) is 0 Å². The zero-order valence-electron chi connectivity index (χ0n) is 15.2. The van der Waals surface area contributed by atoms with E-state index in [1.165, 1.54) is 23.1 Å². The molecule has 26 heavy (non-hydrogen) atoms. The van der Waals surface area contributed by atoms with Crippen LogP contribution < -0.4 is 10.4 Å². The van der Waals surface area contributed by atoms with Crippen molar-refractivity contribution < 1.29 is 9.15 Å². The van der Waals surface area contributed by atoms with Crippen molar-refractivity contribution in [3.8, 4) is 5.75 Å². The predicted octanol–water partition coefficient (Wildman–Crippen LogP) is 3.92. The Morgan fingerprint density at radius 1 is 1.04 bits per heavy atom. The third kappa shape index (κ3) is 3.37. The average Bonchev–Trinajstić information content (AvgIpc) is 3.08. The van der Waals surface area contributed by atoms with E-state index < -0.39 is 0 Å². The molecule has 1 aliphatic rings. The second kappa shape index (κ2) is 6.96. The maximum Gasteiger partial charge on any atom is 0.336 e. The van der Waals surface area contributed by atoms with Crippen LogP contribution in [0.25, 0.3) is 11.0 Å². The molecule has 3 aromatic rings. The molecule has 134 valence electrons. The van der Waals surface area contributed by atoms with Gasteiger partial charge in [-0.25, -0.2) is 4.79 Å². The van der Waals surface area contributed by atoms with Gasteiger partial charge in [-0.1, -0.05) is 12.1 Å². The second-order valence-corrected chi connectivity index (χ2v) is 7.08. The van der Waals surface area contributed by atoms with Gasteiger partial charge in [0.05, 0.1) is 7.11 Å². The fourth-order valence-corrected chi connectivity index (χ4v) is 3.81. The first kappa shape index (κ1) is 16.9. The highest BCUT2D eigenvalue weighted by Gasteiger charge is 2.16. The van der Waals surface area contributed by atoms with E-state index in [0.717, 1.165) is 36.1 Å². The molecule has 0 amide bonds. The molecule has 0 saturated heterocycles. The number of aryl methyl sites for hydroxylation is 2. The molecular formula is C22H23NO3. The van der Waals surface area contributed by atoms with Crippen LogP contribution in [0.2, 0.25) is 0 Å². The minimum atomic E-state index is -0.275. The largest absolute Gasteiger partial charge is 0.497 e. The summed E-state index contributed by atoms with van der Waals surface area (Å²) in [7, 11) is 3.74. The maximum absolute atomic E-state index is 12.0. The zero-order valence-corrected chi connectivity index (χ0v) is 15.2. The Hall–Kier alpha value is -2.59. The SMILES string of the molecule is COc1ccc(CN(C)Cc2cc(=O)oc3cc4c(cc23)CCC4)cc1. The summed E-state index contributed by atoms with van der Waals surface area (Å²) >= 11 is 0. The van der Waals surface area contributed by atoms with Gasteiger partial charge < -0.3 is 9.15 Å². The van der Waals surface area contributed by atoms with E-state index in [1.54, 1.807) is 13.2 Å². The molecule has 1 aromatic heterocycles. The van der Waals surface area contributed by atoms with E-state index in [9.17, 15) is 4.79 Å². The monoisotopic (exact) mass is 349 g/mol. The van der Waals surface area contributed by atoms with Crippen molar-refractivity contribution in [2.45, 2.75) is 32.4 Å². The summed E-state index contributed by atoms with van der Waals surface area (Å²) in [4.78, 5) is 14.2. The van der Waals surface area contributed by atoms with E-state index in [1.807, 2.05) is 12.1 Å². The van der Waals surface area contributed by atoms with Crippen molar-refractivity contribution in [2.75, 3.05) is 14.2 Å². The van der Waals surface area contributed by atoms with E-state index in [2.05, 4.69) is 36.2 Å². The first-order valence-electron chi connectivity index (χ1n) is 9.02. The molecule has 0 fully saturated rings. The van der Waals surface area contributed by atoms with Crippen molar-refractivity contribution in [3.63, 3.8) is 0 Å². The van der Waals surface area contributed by atoms with Crippen LogP contribution in [0.15, 0.2) is 51.7 Å². The highest BCUT2D eigenvalue weighted by atomic mass is 16.5. The number of methoxy groups -OCH3 is 1. The van der Waals surface area contributed by atoms with Gasteiger partial charge in [0.1, 0.15) is 11.3 Å². The number of hydrogen-bond donors (Lipinski definition) is 0. The van der Waals surface area contributed by atoms with Gasteiger partial charge in [-0.2, -0.15) is 0 Å². The van der Waals surface area contributed by atoms with Crippen LogP contribution in [-0.4, -0.2) is 19.1 Å². The Kier molecular flexibility index (Phi) is 4.51. The van der Waals surface area contributed by atoms with Gasteiger partial charge in [-0.05, 0) is 72.8 Å². The zero-order chi connectivity index (χ0) is 18.1. The molecule has 4 nitrogen and oxygen atoms in total. The van der Waals surface area contributed by atoms with Crippen molar-refractivity contribution in [3.05, 3.63) is 75.1 Å². The molecule has 0 bridgehead atoms. The van der Waals surface area contributed by atoms with Crippen molar-refractivity contribution >= 4 is 11.0 Å². The number of nitrogens with zero attached hydrogens (tertiary/aromatic N) is 1. The number of benzene rings is 2. The Balaban J connectivity index is 1.60. The fourth-order valence-electron chi connectivity index (χ4n) is 3.81. The summed E-state index contributed by atoms with van der Waals surface area (Å²) in [6.07, 6.45) is 3.38. The van der Waals surface area contributed by atoms with Crippen LogP contribution in [0, 0.1) is 0 Å².